The minimum Gasteiger partial charge on any atom is -0.468 e. The Morgan fingerprint density at radius 3 is 2.28 bits per heavy atom. The first-order chi connectivity index (χ1) is 18.5. The Balaban J connectivity index is 1.47. The number of likely N-dealkylation sites (tertiary alicyclic amines) is 1. The maximum atomic E-state index is 14.8. The van der Waals surface area contributed by atoms with Gasteiger partial charge in [-0.15, -0.1) is 0 Å². The maximum Gasteiger partial charge on any atom is 0.323 e. The molecule has 2 saturated heterocycles. The lowest BCUT2D eigenvalue weighted by atomic mass is 9.87. The highest BCUT2D eigenvalue weighted by Crippen LogP contribution is 2.38. The van der Waals surface area contributed by atoms with Gasteiger partial charge in [-0.05, 0) is 56.5 Å². The minimum absolute atomic E-state index is 0.0446. The molecule has 0 aliphatic carbocycles. The van der Waals surface area contributed by atoms with Crippen LogP contribution >= 0.6 is 0 Å². The average molecular weight is 539 g/mol. The fraction of sp³-hybridized carbons (Fsp3) is 0.500. The van der Waals surface area contributed by atoms with Crippen molar-refractivity contribution in [2.75, 3.05) is 46.4 Å². The van der Waals surface area contributed by atoms with Crippen LogP contribution in [0.15, 0.2) is 42.5 Å². The lowest BCUT2D eigenvalue weighted by Gasteiger charge is -2.39. The molecule has 39 heavy (non-hydrogen) atoms. The lowest BCUT2D eigenvalue weighted by molar-refractivity contribution is -0.148. The second kappa shape index (κ2) is 11.8. The number of halogens is 2. The van der Waals surface area contributed by atoms with Crippen LogP contribution in [0.3, 0.4) is 0 Å². The summed E-state index contributed by atoms with van der Waals surface area (Å²) >= 11 is 0. The summed E-state index contributed by atoms with van der Waals surface area (Å²) in [6.45, 7) is 9.06. The van der Waals surface area contributed by atoms with Crippen molar-refractivity contribution >= 4 is 11.9 Å². The highest BCUT2D eigenvalue weighted by atomic mass is 19.1. The summed E-state index contributed by atoms with van der Waals surface area (Å²) in [5.41, 5.74) is 1.63. The van der Waals surface area contributed by atoms with Crippen molar-refractivity contribution in [2.24, 2.45) is 5.92 Å². The Morgan fingerprint density at radius 1 is 1.05 bits per heavy atom. The number of hydrogen-bond acceptors (Lipinski definition) is 6. The van der Waals surface area contributed by atoms with Gasteiger partial charge in [0.15, 0.2) is 0 Å². The number of nitriles is 1. The van der Waals surface area contributed by atoms with Crippen molar-refractivity contribution < 1.29 is 23.1 Å². The zero-order valence-corrected chi connectivity index (χ0v) is 23.0. The molecule has 3 atom stereocenters. The van der Waals surface area contributed by atoms with Crippen molar-refractivity contribution in [3.63, 3.8) is 0 Å². The number of methoxy groups -OCH3 is 1. The number of piperazine rings is 1. The van der Waals surface area contributed by atoms with Crippen LogP contribution in [-0.4, -0.2) is 84.5 Å². The minimum atomic E-state index is -0.637. The number of esters is 1. The lowest BCUT2D eigenvalue weighted by Crippen LogP contribution is -2.56. The number of nitrogens with zero attached hydrogens (tertiary/aromatic N) is 4. The first kappa shape index (κ1) is 28.7. The first-order valence-corrected chi connectivity index (χ1v) is 13.3. The molecule has 208 valence electrons. The summed E-state index contributed by atoms with van der Waals surface area (Å²) in [5.74, 6) is -2.48. The van der Waals surface area contributed by atoms with Gasteiger partial charge in [0.05, 0.1) is 24.7 Å². The molecule has 0 unspecified atom stereocenters. The van der Waals surface area contributed by atoms with Crippen LogP contribution in [0.1, 0.15) is 43.4 Å². The highest BCUT2D eigenvalue weighted by Gasteiger charge is 2.45. The molecule has 7 nitrogen and oxygen atoms in total. The first-order valence-electron chi connectivity index (χ1n) is 13.3. The molecule has 0 radical (unpaired) electrons. The second-order valence-corrected chi connectivity index (χ2v) is 11.4. The van der Waals surface area contributed by atoms with E-state index in [9.17, 15) is 18.4 Å². The maximum absolute atomic E-state index is 14.8. The molecule has 1 amide bonds. The van der Waals surface area contributed by atoms with E-state index in [1.165, 1.54) is 19.2 Å². The van der Waals surface area contributed by atoms with Gasteiger partial charge in [-0.1, -0.05) is 18.2 Å². The number of hydrogen-bond donors (Lipinski definition) is 0. The van der Waals surface area contributed by atoms with Crippen molar-refractivity contribution in [3.8, 4) is 6.07 Å². The number of amides is 1. The van der Waals surface area contributed by atoms with Gasteiger partial charge in [0, 0.05) is 56.8 Å². The zero-order chi connectivity index (χ0) is 28.3. The SMILES string of the molecule is COC(=O)[C@H](Cc1ccc(C#N)cc1)N1CCN(C(=O)[C@@H]2CN(C(C)(C)C)C[C@H]2c2ccc(F)cc2F)CC1. The van der Waals surface area contributed by atoms with Crippen molar-refractivity contribution in [1.82, 2.24) is 14.7 Å². The van der Waals surface area contributed by atoms with E-state index >= 15 is 0 Å². The van der Waals surface area contributed by atoms with Crippen LogP contribution < -0.4 is 0 Å². The molecule has 4 rings (SSSR count). The molecule has 2 heterocycles. The average Bonchev–Trinajstić information content (AvgIpc) is 3.37. The molecule has 0 saturated carbocycles. The Hall–Kier alpha value is -3.35. The Morgan fingerprint density at radius 2 is 1.72 bits per heavy atom. The molecule has 2 aliphatic rings. The van der Waals surface area contributed by atoms with Crippen LogP contribution in [0.5, 0.6) is 0 Å². The molecular formula is C30H36F2N4O3. The third-order valence-corrected chi connectivity index (χ3v) is 8.00. The number of carbonyl (C=O) groups excluding carboxylic acids is 2. The van der Waals surface area contributed by atoms with Gasteiger partial charge in [0.1, 0.15) is 17.7 Å². The standard InChI is InChI=1S/C30H36F2N4O3/c1-30(2,3)36-18-24(23-10-9-22(31)16-26(23)32)25(19-36)28(37)35-13-11-34(12-14-35)27(29(38)39-4)15-20-5-7-21(17-33)8-6-20/h5-10,16,24-25,27H,11-15,18-19H2,1-4H3/t24-,25+,27-/m0/s1. The molecular weight excluding hydrogens is 502 g/mol. The fourth-order valence-corrected chi connectivity index (χ4v) is 5.64. The number of benzene rings is 2. The van der Waals surface area contributed by atoms with Crippen molar-refractivity contribution in [3.05, 3.63) is 70.8 Å². The summed E-state index contributed by atoms with van der Waals surface area (Å²) in [4.78, 5) is 32.5. The fourth-order valence-electron chi connectivity index (χ4n) is 5.64. The summed E-state index contributed by atoms with van der Waals surface area (Å²) < 4.78 is 33.5. The van der Waals surface area contributed by atoms with Crippen LogP contribution in [0.4, 0.5) is 8.78 Å². The highest BCUT2D eigenvalue weighted by molar-refractivity contribution is 5.81. The third kappa shape index (κ3) is 6.45. The molecule has 0 aromatic heterocycles. The molecule has 0 spiro atoms. The van der Waals surface area contributed by atoms with Gasteiger partial charge in [-0.2, -0.15) is 5.26 Å². The molecule has 2 fully saturated rings. The molecule has 0 bridgehead atoms. The Kier molecular flexibility index (Phi) is 8.67. The van der Waals surface area contributed by atoms with Gasteiger partial charge in [-0.3, -0.25) is 19.4 Å². The van der Waals surface area contributed by atoms with Crippen LogP contribution in [0.25, 0.3) is 0 Å². The second-order valence-electron chi connectivity index (χ2n) is 11.4. The Labute approximate surface area is 228 Å². The van der Waals surface area contributed by atoms with E-state index in [2.05, 4.69) is 31.7 Å². The monoisotopic (exact) mass is 538 g/mol. The molecule has 2 aromatic rings. The van der Waals surface area contributed by atoms with E-state index in [-0.39, 0.29) is 23.3 Å². The normalized spacial score (nSPS) is 21.4. The zero-order valence-electron chi connectivity index (χ0n) is 23.0. The molecule has 0 N–H and O–H groups in total. The summed E-state index contributed by atoms with van der Waals surface area (Å²) in [5, 5.41) is 9.05. The van der Waals surface area contributed by atoms with E-state index in [4.69, 9.17) is 10.00 Å². The smallest absolute Gasteiger partial charge is 0.323 e. The van der Waals surface area contributed by atoms with E-state index in [0.29, 0.717) is 56.8 Å². The van der Waals surface area contributed by atoms with Crippen LogP contribution in [0.2, 0.25) is 0 Å². The largest absolute Gasteiger partial charge is 0.468 e. The van der Waals surface area contributed by atoms with Crippen LogP contribution in [-0.2, 0) is 20.7 Å². The topological polar surface area (TPSA) is 76.9 Å². The van der Waals surface area contributed by atoms with Gasteiger partial charge < -0.3 is 9.64 Å². The molecule has 9 heteroatoms. The predicted molar refractivity (Wildman–Crippen MR) is 143 cm³/mol. The van der Waals surface area contributed by atoms with E-state index in [1.54, 1.807) is 17.0 Å². The van der Waals surface area contributed by atoms with E-state index < -0.39 is 23.6 Å². The number of carbonyl (C=O) groups is 2. The Bertz CT molecular complexity index is 1230. The molecule has 2 aromatic carbocycles. The van der Waals surface area contributed by atoms with Gasteiger partial charge in [-0.25, -0.2) is 8.78 Å². The number of rotatable bonds is 6. The van der Waals surface area contributed by atoms with Gasteiger partial charge in [0.25, 0.3) is 0 Å². The van der Waals surface area contributed by atoms with E-state index in [0.717, 1.165) is 11.6 Å². The van der Waals surface area contributed by atoms with Crippen molar-refractivity contribution in [1.29, 1.82) is 5.26 Å². The third-order valence-electron chi connectivity index (χ3n) is 8.00. The van der Waals surface area contributed by atoms with E-state index in [1.807, 2.05) is 17.0 Å². The van der Waals surface area contributed by atoms with Gasteiger partial charge >= 0.3 is 5.97 Å². The quantitative estimate of drug-likeness (QED) is 0.524. The molecule has 2 aliphatic heterocycles. The van der Waals surface area contributed by atoms with Gasteiger partial charge in [0.2, 0.25) is 5.91 Å². The summed E-state index contributed by atoms with van der Waals surface area (Å²) in [6, 6.07) is 12.3. The summed E-state index contributed by atoms with van der Waals surface area (Å²) in [6.07, 6.45) is 0.432. The van der Waals surface area contributed by atoms with Crippen molar-refractivity contribution in [2.45, 2.75) is 44.7 Å². The predicted octanol–water partition coefficient (Wildman–Crippen LogP) is 3.58. The summed E-state index contributed by atoms with van der Waals surface area (Å²) in [7, 11) is 1.36. The van der Waals surface area contributed by atoms with Crippen LogP contribution in [0, 0.1) is 28.9 Å². The number of ether oxygens (including phenoxy) is 1.